The number of hydrogen-bond acceptors (Lipinski definition) is 2. The summed E-state index contributed by atoms with van der Waals surface area (Å²) in [5.74, 6) is -1.53. The lowest BCUT2D eigenvalue weighted by Crippen LogP contribution is -2.23. The number of carboxylic acids is 1. The minimum absolute atomic E-state index is 0.462. The summed E-state index contributed by atoms with van der Waals surface area (Å²) < 4.78 is 0. The van der Waals surface area contributed by atoms with Crippen molar-refractivity contribution in [3.63, 3.8) is 0 Å². The van der Waals surface area contributed by atoms with Gasteiger partial charge in [-0.05, 0) is 6.42 Å². The van der Waals surface area contributed by atoms with E-state index < -0.39 is 16.7 Å². The van der Waals surface area contributed by atoms with Crippen molar-refractivity contribution in [2.24, 2.45) is 5.92 Å². The van der Waals surface area contributed by atoms with Gasteiger partial charge >= 0.3 is 5.97 Å². The fraction of sp³-hybridized carbons (Fsp3) is 0.667. The van der Waals surface area contributed by atoms with Crippen LogP contribution in [0.25, 0.3) is 0 Å². The number of aldehydes is 1. The lowest BCUT2D eigenvalue weighted by molar-refractivity contribution is -0.142. The van der Waals surface area contributed by atoms with Gasteiger partial charge in [-0.1, -0.05) is 22.9 Å². The number of aliphatic carboxylic acids is 1. The molecule has 0 saturated heterocycles. The Morgan fingerprint density at radius 3 is 2.40 bits per heavy atom. The molecule has 58 valence electrons. The van der Waals surface area contributed by atoms with E-state index in [1.165, 1.54) is 0 Å². The molecule has 0 aliphatic rings. The summed E-state index contributed by atoms with van der Waals surface area (Å²) in [5, 5.41) is 8.49. The number of halogens is 1. The summed E-state index contributed by atoms with van der Waals surface area (Å²) in [6.45, 7) is 1.73. The highest BCUT2D eigenvalue weighted by atomic mass is 79.9. The molecule has 0 aromatic carbocycles. The van der Waals surface area contributed by atoms with Gasteiger partial charge in [0.1, 0.15) is 6.29 Å². The van der Waals surface area contributed by atoms with Gasteiger partial charge in [-0.2, -0.15) is 0 Å². The number of carbonyl (C=O) groups is 2. The van der Waals surface area contributed by atoms with Gasteiger partial charge in [-0.25, -0.2) is 0 Å². The average molecular weight is 209 g/mol. The fourth-order valence-corrected chi connectivity index (χ4v) is 1.23. The Morgan fingerprint density at radius 2 is 2.30 bits per heavy atom. The number of rotatable bonds is 4. The zero-order valence-corrected chi connectivity index (χ0v) is 7.17. The van der Waals surface area contributed by atoms with Crippen molar-refractivity contribution < 1.29 is 14.7 Å². The van der Waals surface area contributed by atoms with E-state index in [9.17, 15) is 9.59 Å². The van der Waals surface area contributed by atoms with Crippen LogP contribution in [0, 0.1) is 5.92 Å². The highest BCUT2D eigenvalue weighted by Crippen LogP contribution is 2.14. The third-order valence-electron chi connectivity index (χ3n) is 1.27. The largest absolute Gasteiger partial charge is 0.481 e. The van der Waals surface area contributed by atoms with Crippen LogP contribution in [-0.2, 0) is 9.59 Å². The predicted molar refractivity (Wildman–Crippen MR) is 40.2 cm³/mol. The molecule has 0 rings (SSSR count). The maximum absolute atomic E-state index is 10.3. The van der Waals surface area contributed by atoms with Crippen LogP contribution in [0.15, 0.2) is 0 Å². The third kappa shape index (κ3) is 2.47. The standard InChI is InChI=1S/C6H9BrO3/c1-2-4(6(9)10)5(7)3-8/h3-5H,2H2,1H3,(H,9,10). The van der Waals surface area contributed by atoms with Gasteiger partial charge in [0.15, 0.2) is 0 Å². The molecule has 0 aliphatic carbocycles. The Bertz CT molecular complexity index is 135. The van der Waals surface area contributed by atoms with Crippen LogP contribution in [0.2, 0.25) is 0 Å². The topological polar surface area (TPSA) is 54.4 Å². The maximum atomic E-state index is 10.3. The van der Waals surface area contributed by atoms with Crippen molar-refractivity contribution in [2.75, 3.05) is 0 Å². The van der Waals surface area contributed by atoms with Crippen LogP contribution in [0.1, 0.15) is 13.3 Å². The van der Waals surface area contributed by atoms with Crippen LogP contribution in [0.4, 0.5) is 0 Å². The van der Waals surface area contributed by atoms with E-state index >= 15 is 0 Å². The van der Waals surface area contributed by atoms with Crippen LogP contribution < -0.4 is 0 Å². The molecule has 1 N–H and O–H groups in total. The Labute approximate surface area is 67.5 Å². The molecular formula is C6H9BrO3. The smallest absolute Gasteiger partial charge is 0.308 e. The zero-order chi connectivity index (χ0) is 8.15. The van der Waals surface area contributed by atoms with E-state index in [-0.39, 0.29) is 0 Å². The second-order valence-corrected chi connectivity index (χ2v) is 2.99. The molecule has 0 bridgehead atoms. The minimum Gasteiger partial charge on any atom is -0.481 e. The van der Waals surface area contributed by atoms with E-state index in [1.54, 1.807) is 6.92 Å². The van der Waals surface area contributed by atoms with E-state index in [0.717, 1.165) is 0 Å². The van der Waals surface area contributed by atoms with Crippen LogP contribution in [-0.4, -0.2) is 22.2 Å². The van der Waals surface area contributed by atoms with Crippen molar-refractivity contribution in [1.29, 1.82) is 0 Å². The van der Waals surface area contributed by atoms with Crippen molar-refractivity contribution in [1.82, 2.24) is 0 Å². The summed E-state index contributed by atoms with van der Waals surface area (Å²) in [4.78, 5) is 19.9. The minimum atomic E-state index is -0.934. The molecule has 0 fully saturated rings. The molecular weight excluding hydrogens is 200 g/mol. The summed E-state index contributed by atoms with van der Waals surface area (Å²) in [5.41, 5.74) is 0. The number of hydrogen-bond donors (Lipinski definition) is 1. The van der Waals surface area contributed by atoms with Crippen molar-refractivity contribution in [3.05, 3.63) is 0 Å². The molecule has 3 nitrogen and oxygen atoms in total. The third-order valence-corrected chi connectivity index (χ3v) is 2.13. The number of carboxylic acid groups (broad SMARTS) is 1. The van der Waals surface area contributed by atoms with E-state index in [2.05, 4.69) is 15.9 Å². The van der Waals surface area contributed by atoms with Gasteiger partial charge in [0.05, 0.1) is 10.7 Å². The molecule has 10 heavy (non-hydrogen) atoms. The Hall–Kier alpha value is -0.380. The molecule has 0 heterocycles. The first-order valence-corrected chi connectivity index (χ1v) is 3.87. The van der Waals surface area contributed by atoms with E-state index in [4.69, 9.17) is 5.11 Å². The Morgan fingerprint density at radius 1 is 1.80 bits per heavy atom. The lowest BCUT2D eigenvalue weighted by Gasteiger charge is -2.09. The highest BCUT2D eigenvalue weighted by Gasteiger charge is 2.23. The average Bonchev–Trinajstić information content (AvgIpc) is 1.88. The van der Waals surface area contributed by atoms with Gasteiger partial charge in [0.2, 0.25) is 0 Å². The summed E-state index contributed by atoms with van der Waals surface area (Å²) in [6, 6.07) is 0. The molecule has 0 spiro atoms. The molecule has 2 unspecified atom stereocenters. The van der Waals surface area contributed by atoms with Crippen molar-refractivity contribution in [2.45, 2.75) is 18.2 Å². The summed E-state index contributed by atoms with van der Waals surface area (Å²) in [7, 11) is 0. The molecule has 4 heteroatoms. The van der Waals surface area contributed by atoms with Crippen LogP contribution in [0.3, 0.4) is 0 Å². The zero-order valence-electron chi connectivity index (χ0n) is 5.58. The van der Waals surface area contributed by atoms with Crippen LogP contribution in [0.5, 0.6) is 0 Å². The molecule has 2 atom stereocenters. The molecule has 0 radical (unpaired) electrons. The Balaban J connectivity index is 4.05. The predicted octanol–water partition coefficient (Wildman–Crippen LogP) is 1.06. The van der Waals surface area contributed by atoms with Gasteiger partial charge < -0.3 is 9.90 Å². The normalized spacial score (nSPS) is 15.8. The Kier molecular flexibility index (Phi) is 4.27. The quantitative estimate of drug-likeness (QED) is 0.556. The summed E-state index contributed by atoms with van der Waals surface area (Å²) in [6.07, 6.45) is 1.06. The second-order valence-electron chi connectivity index (χ2n) is 1.93. The van der Waals surface area contributed by atoms with Crippen LogP contribution >= 0.6 is 15.9 Å². The lowest BCUT2D eigenvalue weighted by atomic mass is 10.0. The molecule has 0 aromatic rings. The summed E-state index contributed by atoms with van der Waals surface area (Å²) >= 11 is 2.96. The van der Waals surface area contributed by atoms with Crippen molar-refractivity contribution >= 4 is 28.2 Å². The van der Waals surface area contributed by atoms with E-state index in [1.807, 2.05) is 0 Å². The van der Waals surface area contributed by atoms with E-state index in [0.29, 0.717) is 12.7 Å². The fourth-order valence-electron chi connectivity index (χ4n) is 0.631. The molecule has 0 aromatic heterocycles. The molecule has 0 saturated carbocycles. The second kappa shape index (κ2) is 4.44. The number of carbonyl (C=O) groups excluding carboxylic acids is 1. The SMILES string of the molecule is CCC(C(=O)O)C(Br)C=O. The first-order chi connectivity index (χ1) is 4.63. The van der Waals surface area contributed by atoms with Gasteiger partial charge in [0, 0.05) is 0 Å². The van der Waals surface area contributed by atoms with Gasteiger partial charge in [-0.3, -0.25) is 4.79 Å². The first kappa shape index (κ1) is 9.62. The van der Waals surface area contributed by atoms with Crippen molar-refractivity contribution in [3.8, 4) is 0 Å². The van der Waals surface area contributed by atoms with Gasteiger partial charge in [0.25, 0.3) is 0 Å². The highest BCUT2D eigenvalue weighted by molar-refractivity contribution is 9.10. The molecule has 0 amide bonds. The van der Waals surface area contributed by atoms with Gasteiger partial charge in [-0.15, -0.1) is 0 Å². The molecule has 0 aliphatic heterocycles. The number of alkyl halides is 1. The monoisotopic (exact) mass is 208 g/mol. The first-order valence-electron chi connectivity index (χ1n) is 2.95. The maximum Gasteiger partial charge on any atom is 0.308 e.